The van der Waals surface area contributed by atoms with Gasteiger partial charge in [-0.05, 0) is 32.3 Å². The van der Waals surface area contributed by atoms with Crippen molar-refractivity contribution in [1.29, 1.82) is 0 Å². The van der Waals surface area contributed by atoms with Crippen molar-refractivity contribution in [3.05, 3.63) is 48.8 Å². The van der Waals surface area contributed by atoms with E-state index in [1.165, 1.54) is 24.6 Å². The molecular weight excluding hydrogens is 358 g/mol. The van der Waals surface area contributed by atoms with E-state index in [1.807, 2.05) is 44.3 Å². The molecule has 1 amide bonds. The molecule has 0 atom stereocenters. The Morgan fingerprint density at radius 2 is 2.04 bits per heavy atom. The lowest BCUT2D eigenvalue weighted by atomic mass is 10.2. The Bertz CT molecular complexity index is 927. The summed E-state index contributed by atoms with van der Waals surface area (Å²) in [7, 11) is 0. The van der Waals surface area contributed by atoms with Gasteiger partial charge in [-0.25, -0.2) is 9.67 Å². The number of nitrogens with one attached hydrogen (secondary N) is 1. The molecule has 1 aromatic carbocycles. The topological polar surface area (TPSA) is 64.7 Å². The van der Waals surface area contributed by atoms with Crippen molar-refractivity contribution in [2.24, 2.45) is 0 Å². The number of aromatic nitrogens is 4. The van der Waals surface area contributed by atoms with Crippen LogP contribution in [0.25, 0.3) is 11.3 Å². The summed E-state index contributed by atoms with van der Waals surface area (Å²) in [6, 6.07) is 12.8. The molecule has 6 nitrogen and oxygen atoms in total. The van der Waals surface area contributed by atoms with Crippen LogP contribution in [0.3, 0.4) is 0 Å². The third-order valence-electron chi connectivity index (χ3n) is 4.50. The maximum absolute atomic E-state index is 12.4. The summed E-state index contributed by atoms with van der Waals surface area (Å²) >= 11 is 1.49. The SMILES string of the molecule is CC(C)n1nccc1NC(=O)CSc1ncc(-c2ccccc2)n1C1CC1. The van der Waals surface area contributed by atoms with E-state index >= 15 is 0 Å². The van der Waals surface area contributed by atoms with Crippen LogP contribution in [0.1, 0.15) is 38.8 Å². The minimum Gasteiger partial charge on any atom is -0.316 e. The number of benzene rings is 1. The standard InChI is InChI=1S/C20H23N5OS/c1-14(2)25-18(10-11-22-25)23-19(26)13-27-20-21-12-17(24(20)16-8-9-16)15-6-4-3-5-7-15/h3-7,10-12,14,16H,8-9,13H2,1-2H3,(H,23,26). The molecule has 1 fully saturated rings. The minimum atomic E-state index is -0.0472. The van der Waals surface area contributed by atoms with E-state index < -0.39 is 0 Å². The van der Waals surface area contributed by atoms with Crippen LogP contribution in [0.2, 0.25) is 0 Å². The second kappa shape index (κ2) is 7.60. The zero-order valence-corrected chi connectivity index (χ0v) is 16.3. The summed E-state index contributed by atoms with van der Waals surface area (Å²) < 4.78 is 4.09. The molecular formula is C20H23N5OS. The molecule has 0 spiro atoms. The lowest BCUT2D eigenvalue weighted by Crippen LogP contribution is -2.18. The average molecular weight is 382 g/mol. The summed E-state index contributed by atoms with van der Waals surface area (Å²) in [6.45, 7) is 4.07. The number of thioether (sulfide) groups is 1. The van der Waals surface area contributed by atoms with Crippen molar-refractivity contribution in [2.45, 2.75) is 43.9 Å². The van der Waals surface area contributed by atoms with Gasteiger partial charge in [0.2, 0.25) is 5.91 Å². The zero-order valence-electron chi connectivity index (χ0n) is 15.5. The molecule has 0 aliphatic heterocycles. The first kappa shape index (κ1) is 17.9. The third kappa shape index (κ3) is 3.93. The van der Waals surface area contributed by atoms with Gasteiger partial charge in [-0.1, -0.05) is 42.1 Å². The van der Waals surface area contributed by atoms with Crippen molar-refractivity contribution in [3.63, 3.8) is 0 Å². The van der Waals surface area contributed by atoms with Crippen LogP contribution in [0.15, 0.2) is 53.9 Å². The first-order valence-electron chi connectivity index (χ1n) is 9.22. The minimum absolute atomic E-state index is 0.0472. The Hall–Kier alpha value is -2.54. The average Bonchev–Trinajstić information content (AvgIpc) is 3.24. The fraction of sp³-hybridized carbons (Fsp3) is 0.350. The fourth-order valence-electron chi connectivity index (χ4n) is 3.09. The van der Waals surface area contributed by atoms with Crippen LogP contribution in [-0.4, -0.2) is 31.0 Å². The molecule has 27 heavy (non-hydrogen) atoms. The number of imidazole rings is 1. The second-order valence-electron chi connectivity index (χ2n) is 6.98. The first-order chi connectivity index (χ1) is 13.1. The molecule has 3 aromatic rings. The number of rotatable bonds is 7. The highest BCUT2D eigenvalue weighted by Crippen LogP contribution is 2.41. The Kier molecular flexibility index (Phi) is 5.03. The zero-order chi connectivity index (χ0) is 18.8. The molecule has 0 unspecified atom stereocenters. The molecule has 2 aromatic heterocycles. The summed E-state index contributed by atoms with van der Waals surface area (Å²) in [5.41, 5.74) is 2.29. The quantitative estimate of drug-likeness (QED) is 0.616. The van der Waals surface area contributed by atoms with Gasteiger partial charge in [0, 0.05) is 18.2 Å². The summed E-state index contributed by atoms with van der Waals surface area (Å²) in [4.78, 5) is 17.0. The molecule has 140 valence electrons. The predicted octanol–water partition coefficient (Wildman–Crippen LogP) is 4.39. The summed E-state index contributed by atoms with van der Waals surface area (Å²) in [6.07, 6.45) is 5.96. The number of hydrogen-bond acceptors (Lipinski definition) is 4. The van der Waals surface area contributed by atoms with Gasteiger partial charge in [0.25, 0.3) is 0 Å². The number of carbonyl (C=O) groups is 1. The first-order valence-corrected chi connectivity index (χ1v) is 10.2. The van der Waals surface area contributed by atoms with Crippen LogP contribution in [0, 0.1) is 0 Å². The maximum Gasteiger partial charge on any atom is 0.235 e. The van der Waals surface area contributed by atoms with Gasteiger partial charge in [0.15, 0.2) is 5.16 Å². The van der Waals surface area contributed by atoms with Crippen LogP contribution in [-0.2, 0) is 4.79 Å². The highest BCUT2D eigenvalue weighted by molar-refractivity contribution is 7.99. The monoisotopic (exact) mass is 381 g/mol. The lowest BCUT2D eigenvalue weighted by molar-refractivity contribution is -0.113. The van der Waals surface area contributed by atoms with Crippen molar-refractivity contribution >= 4 is 23.5 Å². The maximum atomic E-state index is 12.4. The van der Waals surface area contributed by atoms with Gasteiger partial charge in [-0.15, -0.1) is 0 Å². The summed E-state index contributed by atoms with van der Waals surface area (Å²) in [5.74, 6) is 1.00. The van der Waals surface area contributed by atoms with Gasteiger partial charge >= 0.3 is 0 Å². The Balaban J connectivity index is 1.46. The van der Waals surface area contributed by atoms with E-state index in [0.29, 0.717) is 11.8 Å². The van der Waals surface area contributed by atoms with Gasteiger partial charge in [-0.3, -0.25) is 4.79 Å². The molecule has 0 radical (unpaired) electrons. The van der Waals surface area contributed by atoms with Gasteiger partial charge in [0.05, 0.1) is 23.8 Å². The number of hydrogen-bond donors (Lipinski definition) is 1. The third-order valence-corrected chi connectivity index (χ3v) is 5.47. The number of amides is 1. The molecule has 1 aliphatic carbocycles. The van der Waals surface area contributed by atoms with E-state index in [0.717, 1.165) is 22.2 Å². The highest BCUT2D eigenvalue weighted by atomic mass is 32.2. The molecule has 2 heterocycles. The smallest absolute Gasteiger partial charge is 0.235 e. The number of nitrogens with zero attached hydrogens (tertiary/aromatic N) is 4. The van der Waals surface area contributed by atoms with E-state index in [9.17, 15) is 4.79 Å². The van der Waals surface area contributed by atoms with E-state index in [1.54, 1.807) is 10.9 Å². The predicted molar refractivity (Wildman–Crippen MR) is 108 cm³/mol. The van der Waals surface area contributed by atoms with E-state index in [2.05, 4.69) is 32.1 Å². The molecule has 0 saturated heterocycles. The molecule has 1 saturated carbocycles. The van der Waals surface area contributed by atoms with Crippen LogP contribution in [0.4, 0.5) is 5.82 Å². The van der Waals surface area contributed by atoms with Crippen LogP contribution in [0.5, 0.6) is 0 Å². The molecule has 1 aliphatic rings. The van der Waals surface area contributed by atoms with Crippen molar-refractivity contribution in [2.75, 3.05) is 11.1 Å². The van der Waals surface area contributed by atoms with Crippen LogP contribution >= 0.6 is 11.8 Å². The van der Waals surface area contributed by atoms with Crippen molar-refractivity contribution < 1.29 is 4.79 Å². The fourth-order valence-corrected chi connectivity index (χ4v) is 3.94. The Morgan fingerprint density at radius 3 is 2.74 bits per heavy atom. The number of anilines is 1. The van der Waals surface area contributed by atoms with Gasteiger partial charge in [0.1, 0.15) is 5.82 Å². The van der Waals surface area contributed by atoms with E-state index in [4.69, 9.17) is 0 Å². The summed E-state index contributed by atoms with van der Waals surface area (Å²) in [5, 5.41) is 8.10. The van der Waals surface area contributed by atoms with Crippen molar-refractivity contribution in [3.8, 4) is 11.3 Å². The second-order valence-corrected chi connectivity index (χ2v) is 7.93. The highest BCUT2D eigenvalue weighted by Gasteiger charge is 2.29. The molecule has 7 heteroatoms. The largest absolute Gasteiger partial charge is 0.316 e. The molecule has 4 rings (SSSR count). The Morgan fingerprint density at radius 1 is 1.26 bits per heavy atom. The van der Waals surface area contributed by atoms with Crippen LogP contribution < -0.4 is 5.32 Å². The van der Waals surface area contributed by atoms with Gasteiger partial charge in [-0.2, -0.15) is 5.10 Å². The normalized spacial score (nSPS) is 13.9. The molecule has 0 bridgehead atoms. The number of carbonyl (C=O) groups excluding carboxylic acids is 1. The lowest BCUT2D eigenvalue weighted by Gasteiger charge is -2.12. The van der Waals surface area contributed by atoms with E-state index in [-0.39, 0.29) is 11.9 Å². The van der Waals surface area contributed by atoms with Crippen molar-refractivity contribution in [1.82, 2.24) is 19.3 Å². The van der Waals surface area contributed by atoms with Gasteiger partial charge < -0.3 is 9.88 Å². The Labute approximate surface area is 163 Å². The molecule has 1 N–H and O–H groups in total.